The van der Waals surface area contributed by atoms with Gasteiger partial charge in [-0.3, -0.25) is 4.79 Å². The maximum Gasteiger partial charge on any atom is 0.184 e. The zero-order chi connectivity index (χ0) is 18.7. The molecule has 1 atom stereocenters. The number of carbonyl (C=O) groups excluding carboxylic acids is 1. The Kier molecular flexibility index (Phi) is 5.32. The highest BCUT2D eigenvalue weighted by Crippen LogP contribution is 2.34. The molecule has 1 aromatic heterocycles. The number of hydrogen-bond acceptors (Lipinski definition) is 5. The van der Waals surface area contributed by atoms with Gasteiger partial charge in [0.1, 0.15) is 11.4 Å². The highest BCUT2D eigenvalue weighted by atomic mass is 16.5. The van der Waals surface area contributed by atoms with Crippen molar-refractivity contribution in [3.8, 4) is 23.2 Å². The lowest BCUT2D eigenvalue weighted by atomic mass is 9.97. The average molecular weight is 349 g/mol. The van der Waals surface area contributed by atoms with E-state index in [9.17, 15) is 10.1 Å². The molecule has 0 amide bonds. The number of Topliss-reactive ketones (excluding diaryl/α,β-unsaturated/α-hetero) is 1. The third-order valence-electron chi connectivity index (χ3n) is 4.71. The summed E-state index contributed by atoms with van der Waals surface area (Å²) in [5.74, 6) is 1.05. The van der Waals surface area contributed by atoms with E-state index in [1.54, 1.807) is 24.4 Å². The summed E-state index contributed by atoms with van der Waals surface area (Å²) in [5, 5.41) is 9.24. The normalized spacial score (nSPS) is 14.5. The molecule has 0 radical (unpaired) electrons. The lowest BCUT2D eigenvalue weighted by Crippen LogP contribution is -2.16. The minimum Gasteiger partial charge on any atom is -0.490 e. The van der Waals surface area contributed by atoms with E-state index >= 15 is 0 Å². The van der Waals surface area contributed by atoms with E-state index in [-0.39, 0.29) is 17.8 Å². The fourth-order valence-corrected chi connectivity index (χ4v) is 2.67. The first-order valence-electron chi connectivity index (χ1n) is 9.18. The SMILES string of the molecule is CCc1cnc(-c2cc(C#N)ccc2OC2CC2)nc1C(=O)C(C)CC. The minimum absolute atomic E-state index is 0.0362. The number of nitriles is 1. The maximum atomic E-state index is 12.8. The zero-order valence-corrected chi connectivity index (χ0v) is 15.5. The van der Waals surface area contributed by atoms with Crippen LogP contribution in [-0.4, -0.2) is 21.9 Å². The zero-order valence-electron chi connectivity index (χ0n) is 15.5. The first kappa shape index (κ1) is 18.1. The van der Waals surface area contributed by atoms with Gasteiger partial charge < -0.3 is 4.74 Å². The standard InChI is InChI=1S/C21H23N3O2/c1-4-13(3)20(25)19-15(5-2)12-23-21(24-19)17-10-14(11-22)6-9-18(17)26-16-7-8-16/h6,9-10,12-13,16H,4-5,7-8H2,1-3H3. The van der Waals surface area contributed by atoms with E-state index in [0.29, 0.717) is 34.8 Å². The van der Waals surface area contributed by atoms with Gasteiger partial charge in [0.2, 0.25) is 0 Å². The molecule has 1 fully saturated rings. The molecule has 1 aliphatic carbocycles. The third-order valence-corrected chi connectivity index (χ3v) is 4.71. The molecule has 2 aromatic rings. The molecule has 1 aromatic carbocycles. The van der Waals surface area contributed by atoms with Crippen molar-refractivity contribution < 1.29 is 9.53 Å². The lowest BCUT2D eigenvalue weighted by Gasteiger charge is -2.14. The molecular formula is C21H23N3O2. The van der Waals surface area contributed by atoms with Crippen LogP contribution in [0.4, 0.5) is 0 Å². The molecule has 3 rings (SSSR count). The summed E-state index contributed by atoms with van der Waals surface area (Å²) in [6.07, 6.45) is 5.47. The molecule has 1 unspecified atom stereocenters. The smallest absolute Gasteiger partial charge is 0.184 e. The third kappa shape index (κ3) is 3.75. The molecule has 0 N–H and O–H groups in total. The molecule has 134 valence electrons. The summed E-state index contributed by atoms with van der Waals surface area (Å²) in [6, 6.07) is 7.39. The van der Waals surface area contributed by atoms with Crippen LogP contribution in [0.5, 0.6) is 5.75 Å². The van der Waals surface area contributed by atoms with E-state index in [4.69, 9.17) is 4.74 Å². The highest BCUT2D eigenvalue weighted by molar-refractivity contribution is 5.97. The molecule has 0 bridgehead atoms. The summed E-state index contributed by atoms with van der Waals surface area (Å²) >= 11 is 0. The molecule has 0 saturated heterocycles. The molecule has 26 heavy (non-hydrogen) atoms. The monoisotopic (exact) mass is 349 g/mol. The number of nitrogens with zero attached hydrogens (tertiary/aromatic N) is 3. The fourth-order valence-electron chi connectivity index (χ4n) is 2.67. The predicted molar refractivity (Wildman–Crippen MR) is 99.0 cm³/mol. The summed E-state index contributed by atoms with van der Waals surface area (Å²) < 4.78 is 5.96. The van der Waals surface area contributed by atoms with Crippen molar-refractivity contribution in [1.82, 2.24) is 9.97 Å². The number of aryl methyl sites for hydroxylation is 1. The Morgan fingerprint density at radius 3 is 2.77 bits per heavy atom. The largest absolute Gasteiger partial charge is 0.490 e. The van der Waals surface area contributed by atoms with Crippen LogP contribution in [0.25, 0.3) is 11.4 Å². The number of rotatable bonds is 7. The average Bonchev–Trinajstić information content (AvgIpc) is 3.50. The van der Waals surface area contributed by atoms with E-state index in [2.05, 4.69) is 16.0 Å². The maximum absolute atomic E-state index is 12.8. The van der Waals surface area contributed by atoms with Gasteiger partial charge in [-0.05, 0) is 49.4 Å². The number of hydrogen-bond donors (Lipinski definition) is 0. The van der Waals surface area contributed by atoms with Crippen LogP contribution < -0.4 is 4.74 Å². The molecule has 1 heterocycles. The van der Waals surface area contributed by atoms with Crippen molar-refractivity contribution in [1.29, 1.82) is 5.26 Å². The van der Waals surface area contributed by atoms with Crippen LogP contribution in [-0.2, 0) is 6.42 Å². The second-order valence-corrected chi connectivity index (χ2v) is 6.73. The summed E-state index contributed by atoms with van der Waals surface area (Å²) in [6.45, 7) is 5.90. The molecule has 0 aliphatic heterocycles. The Hall–Kier alpha value is -2.74. The highest BCUT2D eigenvalue weighted by Gasteiger charge is 2.26. The van der Waals surface area contributed by atoms with Crippen LogP contribution in [0, 0.1) is 17.2 Å². The number of ketones is 1. The summed E-state index contributed by atoms with van der Waals surface area (Å²) in [4.78, 5) is 21.8. The van der Waals surface area contributed by atoms with Gasteiger partial charge in [0.05, 0.1) is 23.3 Å². The Balaban J connectivity index is 2.08. The Morgan fingerprint density at radius 1 is 1.38 bits per heavy atom. The summed E-state index contributed by atoms with van der Waals surface area (Å²) in [5.41, 5.74) is 2.50. The number of aromatic nitrogens is 2. The van der Waals surface area contributed by atoms with E-state index in [0.717, 1.165) is 24.8 Å². The van der Waals surface area contributed by atoms with Crippen LogP contribution in [0.2, 0.25) is 0 Å². The van der Waals surface area contributed by atoms with Crippen molar-refractivity contribution in [2.24, 2.45) is 5.92 Å². The van der Waals surface area contributed by atoms with Crippen LogP contribution in [0.3, 0.4) is 0 Å². The van der Waals surface area contributed by atoms with Crippen molar-refractivity contribution >= 4 is 5.78 Å². The number of ether oxygens (including phenoxy) is 1. The predicted octanol–water partition coefficient (Wildman–Crippen LogP) is 4.35. The Morgan fingerprint density at radius 2 is 2.15 bits per heavy atom. The number of benzene rings is 1. The van der Waals surface area contributed by atoms with E-state index < -0.39 is 0 Å². The van der Waals surface area contributed by atoms with Gasteiger partial charge in [0.25, 0.3) is 0 Å². The second kappa shape index (κ2) is 7.65. The second-order valence-electron chi connectivity index (χ2n) is 6.73. The van der Waals surface area contributed by atoms with Gasteiger partial charge in [-0.25, -0.2) is 9.97 Å². The van der Waals surface area contributed by atoms with Gasteiger partial charge in [-0.1, -0.05) is 20.8 Å². The molecular weight excluding hydrogens is 326 g/mol. The van der Waals surface area contributed by atoms with E-state index in [1.807, 2.05) is 20.8 Å². The van der Waals surface area contributed by atoms with Crippen LogP contribution in [0.1, 0.15) is 61.6 Å². The van der Waals surface area contributed by atoms with Crippen molar-refractivity contribution in [2.75, 3.05) is 0 Å². The fraction of sp³-hybridized carbons (Fsp3) is 0.429. The van der Waals surface area contributed by atoms with Crippen LogP contribution >= 0.6 is 0 Å². The Bertz CT molecular complexity index is 866. The molecule has 5 heteroatoms. The van der Waals surface area contributed by atoms with Gasteiger partial charge in [0.15, 0.2) is 11.6 Å². The van der Waals surface area contributed by atoms with Crippen molar-refractivity contribution in [2.45, 2.75) is 52.6 Å². The van der Waals surface area contributed by atoms with Gasteiger partial charge in [0, 0.05) is 12.1 Å². The van der Waals surface area contributed by atoms with Crippen molar-refractivity contribution in [3.05, 3.63) is 41.2 Å². The first-order valence-corrected chi connectivity index (χ1v) is 9.18. The molecule has 1 saturated carbocycles. The Labute approximate surface area is 154 Å². The van der Waals surface area contributed by atoms with E-state index in [1.165, 1.54) is 0 Å². The van der Waals surface area contributed by atoms with Crippen LogP contribution in [0.15, 0.2) is 24.4 Å². The van der Waals surface area contributed by atoms with Crippen molar-refractivity contribution in [3.63, 3.8) is 0 Å². The quantitative estimate of drug-likeness (QED) is 0.695. The van der Waals surface area contributed by atoms with Gasteiger partial charge in [-0.2, -0.15) is 5.26 Å². The lowest BCUT2D eigenvalue weighted by molar-refractivity contribution is 0.0921. The molecule has 0 spiro atoms. The van der Waals surface area contributed by atoms with Gasteiger partial charge >= 0.3 is 0 Å². The van der Waals surface area contributed by atoms with Gasteiger partial charge in [-0.15, -0.1) is 0 Å². The first-order chi connectivity index (χ1) is 12.6. The molecule has 1 aliphatic rings. The number of carbonyl (C=O) groups is 1. The molecule has 5 nitrogen and oxygen atoms in total. The topological polar surface area (TPSA) is 75.9 Å². The summed E-state index contributed by atoms with van der Waals surface area (Å²) in [7, 11) is 0. The minimum atomic E-state index is -0.0873.